The van der Waals surface area contributed by atoms with Crippen molar-refractivity contribution in [2.75, 3.05) is 17.1 Å². The Hall–Kier alpha value is -3.53. The van der Waals surface area contributed by atoms with E-state index in [1.807, 2.05) is 0 Å². The van der Waals surface area contributed by atoms with Crippen molar-refractivity contribution in [1.29, 1.82) is 0 Å². The number of sulfonamides is 1. The number of aryl methyl sites for hydroxylation is 1. The normalized spacial score (nSPS) is 11.7. The lowest BCUT2D eigenvalue weighted by Gasteiger charge is -2.14. The van der Waals surface area contributed by atoms with Crippen molar-refractivity contribution in [2.24, 2.45) is 0 Å². The van der Waals surface area contributed by atoms with Crippen LogP contribution in [0.15, 0.2) is 71.6 Å². The van der Waals surface area contributed by atoms with Crippen molar-refractivity contribution < 1.29 is 31.1 Å². The molecule has 0 atom stereocenters. The van der Waals surface area contributed by atoms with Gasteiger partial charge in [0, 0.05) is 16.9 Å². The average molecular weight is 464 g/mol. The van der Waals surface area contributed by atoms with Crippen LogP contribution >= 0.6 is 0 Å². The van der Waals surface area contributed by atoms with Gasteiger partial charge in [-0.1, -0.05) is 6.07 Å². The first-order valence-corrected chi connectivity index (χ1v) is 10.7. The minimum Gasteiger partial charge on any atom is -0.497 e. The van der Waals surface area contributed by atoms with Crippen LogP contribution in [0, 0.1) is 6.92 Å². The second-order valence-electron chi connectivity index (χ2n) is 6.85. The van der Waals surface area contributed by atoms with Crippen LogP contribution in [0.5, 0.6) is 5.75 Å². The number of nitrogens with one attached hydrogen (secondary N) is 2. The van der Waals surface area contributed by atoms with Crippen LogP contribution in [0.3, 0.4) is 0 Å². The summed E-state index contributed by atoms with van der Waals surface area (Å²) in [7, 11) is -2.65. The Labute approximate surface area is 183 Å². The highest BCUT2D eigenvalue weighted by atomic mass is 32.2. The zero-order valence-corrected chi connectivity index (χ0v) is 17.8. The van der Waals surface area contributed by atoms with Gasteiger partial charge in [-0.3, -0.25) is 9.52 Å². The summed E-state index contributed by atoms with van der Waals surface area (Å²) in [5, 5.41) is 2.67. The van der Waals surface area contributed by atoms with E-state index >= 15 is 0 Å². The number of amides is 1. The van der Waals surface area contributed by atoms with E-state index in [-0.39, 0.29) is 10.6 Å². The SMILES string of the molecule is COc1ccc(C(=O)Nc2ccc(S(=O)(=O)Nc3cccc(C(F)(F)F)c3)c(C)c2)cc1. The maximum absolute atomic E-state index is 12.9. The largest absolute Gasteiger partial charge is 0.497 e. The Bertz CT molecular complexity index is 1240. The molecule has 1 amide bonds. The van der Waals surface area contributed by atoms with Gasteiger partial charge in [0.05, 0.1) is 17.6 Å². The molecule has 10 heteroatoms. The van der Waals surface area contributed by atoms with E-state index in [9.17, 15) is 26.4 Å². The number of rotatable bonds is 6. The number of hydrogen-bond donors (Lipinski definition) is 2. The van der Waals surface area contributed by atoms with Gasteiger partial charge in [-0.05, 0) is 73.2 Å². The second kappa shape index (κ2) is 8.91. The summed E-state index contributed by atoms with van der Waals surface area (Å²) in [6.45, 7) is 1.52. The van der Waals surface area contributed by atoms with Crippen molar-refractivity contribution in [2.45, 2.75) is 18.0 Å². The monoisotopic (exact) mass is 464 g/mol. The summed E-state index contributed by atoms with van der Waals surface area (Å²) in [6, 6.07) is 14.5. The molecule has 3 rings (SSSR count). The summed E-state index contributed by atoms with van der Waals surface area (Å²) < 4.78 is 71.3. The first-order chi connectivity index (χ1) is 15.0. The fourth-order valence-electron chi connectivity index (χ4n) is 2.94. The Morgan fingerprint density at radius 2 is 1.62 bits per heavy atom. The first kappa shape index (κ1) is 23.1. The van der Waals surface area contributed by atoms with E-state index in [1.54, 1.807) is 24.3 Å². The molecule has 6 nitrogen and oxygen atoms in total. The summed E-state index contributed by atoms with van der Waals surface area (Å²) in [5.41, 5.74) is -0.133. The third-order valence-electron chi connectivity index (χ3n) is 4.52. The van der Waals surface area contributed by atoms with Crippen LogP contribution in [-0.4, -0.2) is 21.4 Å². The van der Waals surface area contributed by atoms with E-state index in [1.165, 1.54) is 38.3 Å². The highest BCUT2D eigenvalue weighted by Crippen LogP contribution is 2.31. The Kier molecular flexibility index (Phi) is 6.45. The molecule has 0 bridgehead atoms. The zero-order valence-electron chi connectivity index (χ0n) is 17.0. The van der Waals surface area contributed by atoms with Crippen LogP contribution in [0.1, 0.15) is 21.5 Å². The molecule has 0 spiro atoms. The van der Waals surface area contributed by atoms with Crippen LogP contribution in [0.2, 0.25) is 0 Å². The van der Waals surface area contributed by atoms with E-state index in [0.29, 0.717) is 22.6 Å². The van der Waals surface area contributed by atoms with Gasteiger partial charge < -0.3 is 10.1 Å². The third-order valence-corrected chi connectivity index (χ3v) is 6.06. The number of ether oxygens (including phenoxy) is 1. The van der Waals surface area contributed by atoms with Gasteiger partial charge >= 0.3 is 6.18 Å². The molecule has 32 heavy (non-hydrogen) atoms. The highest BCUT2D eigenvalue weighted by Gasteiger charge is 2.30. The van der Waals surface area contributed by atoms with Crippen molar-refractivity contribution in [3.63, 3.8) is 0 Å². The molecule has 0 unspecified atom stereocenters. The van der Waals surface area contributed by atoms with E-state index < -0.39 is 27.7 Å². The maximum atomic E-state index is 12.9. The molecule has 0 radical (unpaired) electrons. The first-order valence-electron chi connectivity index (χ1n) is 9.26. The molecule has 168 valence electrons. The number of carbonyl (C=O) groups excluding carboxylic acids is 1. The molecule has 2 N–H and O–H groups in total. The maximum Gasteiger partial charge on any atom is 0.416 e. The summed E-state index contributed by atoms with van der Waals surface area (Å²) >= 11 is 0. The lowest BCUT2D eigenvalue weighted by molar-refractivity contribution is -0.137. The van der Waals surface area contributed by atoms with Crippen molar-refractivity contribution in [3.05, 3.63) is 83.4 Å². The number of anilines is 2. The van der Waals surface area contributed by atoms with Gasteiger partial charge in [-0.15, -0.1) is 0 Å². The zero-order chi connectivity index (χ0) is 23.5. The number of methoxy groups -OCH3 is 1. The summed E-state index contributed by atoms with van der Waals surface area (Å²) in [5.74, 6) is 0.199. The summed E-state index contributed by atoms with van der Waals surface area (Å²) in [4.78, 5) is 12.3. The van der Waals surface area contributed by atoms with Gasteiger partial charge in [0.2, 0.25) is 0 Å². The molecule has 3 aromatic rings. The van der Waals surface area contributed by atoms with Crippen LogP contribution < -0.4 is 14.8 Å². The summed E-state index contributed by atoms with van der Waals surface area (Å²) in [6.07, 6.45) is -4.60. The van der Waals surface area contributed by atoms with E-state index in [0.717, 1.165) is 18.2 Å². The minimum absolute atomic E-state index is 0.127. The van der Waals surface area contributed by atoms with Crippen molar-refractivity contribution in [3.8, 4) is 5.75 Å². The fraction of sp³-hybridized carbons (Fsp3) is 0.136. The number of carbonyl (C=O) groups is 1. The molecule has 0 fully saturated rings. The number of hydrogen-bond acceptors (Lipinski definition) is 4. The standard InChI is InChI=1S/C22H19F3N2O4S/c1-14-12-17(26-21(28)15-6-9-19(31-2)10-7-15)8-11-20(14)32(29,30)27-18-5-3-4-16(13-18)22(23,24)25/h3-13,27H,1-2H3,(H,26,28). The fourth-order valence-corrected chi connectivity index (χ4v) is 4.22. The molecule has 0 aliphatic rings. The van der Waals surface area contributed by atoms with Crippen molar-refractivity contribution in [1.82, 2.24) is 0 Å². The molecule has 0 saturated heterocycles. The van der Waals surface area contributed by atoms with E-state index in [4.69, 9.17) is 4.74 Å². The Morgan fingerprint density at radius 1 is 0.938 bits per heavy atom. The molecular weight excluding hydrogens is 445 g/mol. The number of benzene rings is 3. The predicted molar refractivity (Wildman–Crippen MR) is 114 cm³/mol. The Morgan fingerprint density at radius 3 is 2.22 bits per heavy atom. The van der Waals surface area contributed by atoms with Gasteiger partial charge in [0.15, 0.2) is 0 Å². The number of halogens is 3. The van der Waals surface area contributed by atoms with Gasteiger partial charge in [-0.2, -0.15) is 13.2 Å². The lowest BCUT2D eigenvalue weighted by Crippen LogP contribution is -2.16. The average Bonchev–Trinajstić information content (AvgIpc) is 2.73. The third kappa shape index (κ3) is 5.38. The lowest BCUT2D eigenvalue weighted by atomic mass is 10.2. The van der Waals surface area contributed by atoms with Crippen LogP contribution in [-0.2, 0) is 16.2 Å². The van der Waals surface area contributed by atoms with Gasteiger partial charge in [-0.25, -0.2) is 8.42 Å². The molecule has 0 aromatic heterocycles. The molecule has 0 aliphatic carbocycles. The quantitative estimate of drug-likeness (QED) is 0.533. The molecule has 0 heterocycles. The smallest absolute Gasteiger partial charge is 0.416 e. The highest BCUT2D eigenvalue weighted by molar-refractivity contribution is 7.92. The minimum atomic E-state index is -4.60. The van der Waals surface area contributed by atoms with Crippen LogP contribution in [0.4, 0.5) is 24.5 Å². The molecule has 0 aliphatic heterocycles. The Balaban J connectivity index is 1.78. The second-order valence-corrected chi connectivity index (χ2v) is 8.50. The molecule has 3 aromatic carbocycles. The van der Waals surface area contributed by atoms with Gasteiger partial charge in [0.1, 0.15) is 5.75 Å². The molecular formula is C22H19F3N2O4S. The predicted octanol–water partition coefficient (Wildman–Crippen LogP) is 5.08. The van der Waals surface area contributed by atoms with E-state index in [2.05, 4.69) is 10.0 Å². The molecule has 0 saturated carbocycles. The topological polar surface area (TPSA) is 84.5 Å². The van der Waals surface area contributed by atoms with Gasteiger partial charge in [0.25, 0.3) is 15.9 Å². The number of alkyl halides is 3. The van der Waals surface area contributed by atoms with Crippen LogP contribution in [0.25, 0.3) is 0 Å². The van der Waals surface area contributed by atoms with Crippen molar-refractivity contribution >= 4 is 27.3 Å².